The lowest BCUT2D eigenvalue weighted by Crippen LogP contribution is -2.24. The number of hydrogen-bond donors (Lipinski definition) is 1. The van der Waals surface area contributed by atoms with Crippen molar-refractivity contribution in [3.8, 4) is 0 Å². The first-order valence-electron chi connectivity index (χ1n) is 6.23. The van der Waals surface area contributed by atoms with Crippen molar-refractivity contribution in [3.05, 3.63) is 52.1 Å². The van der Waals surface area contributed by atoms with Crippen LogP contribution in [0.2, 0.25) is 0 Å². The van der Waals surface area contributed by atoms with E-state index in [1.165, 1.54) is 18.4 Å². The lowest BCUT2D eigenvalue weighted by atomic mass is 9.93. The van der Waals surface area contributed by atoms with Crippen LogP contribution in [-0.2, 0) is 13.0 Å². The van der Waals surface area contributed by atoms with Crippen LogP contribution in [0.15, 0.2) is 39.5 Å². The molecule has 0 bridgehead atoms. The van der Waals surface area contributed by atoms with Gasteiger partial charge in [0.2, 0.25) is 0 Å². The Hall–Kier alpha value is -1.13. The predicted octanol–water partition coefficient (Wildman–Crippen LogP) is 3.60. The molecular weight excluding hydrogens is 292 g/mol. The Balaban J connectivity index is 1.66. The molecule has 3 rings (SSSR count). The third kappa shape index (κ3) is 2.49. The molecule has 0 aromatic carbocycles. The van der Waals surface area contributed by atoms with Gasteiger partial charge >= 0.3 is 0 Å². The van der Waals surface area contributed by atoms with Gasteiger partial charge in [-0.3, -0.25) is 4.98 Å². The molecule has 0 spiro atoms. The monoisotopic (exact) mass is 306 g/mol. The van der Waals surface area contributed by atoms with Gasteiger partial charge in [0.25, 0.3) is 0 Å². The molecular formula is C14H15BrN2O. The molecule has 4 heteroatoms. The Morgan fingerprint density at radius 1 is 1.39 bits per heavy atom. The highest BCUT2D eigenvalue weighted by Crippen LogP contribution is 2.30. The second-order valence-electron chi connectivity index (χ2n) is 4.59. The number of aryl methyl sites for hydroxylation is 1. The van der Waals surface area contributed by atoms with E-state index < -0.39 is 0 Å². The average molecular weight is 307 g/mol. The number of pyridine rings is 1. The minimum absolute atomic E-state index is 0.401. The smallest absolute Gasteiger partial charge is 0.108 e. The van der Waals surface area contributed by atoms with Crippen LogP contribution in [0.3, 0.4) is 0 Å². The molecule has 0 amide bonds. The maximum atomic E-state index is 5.49. The molecule has 0 fully saturated rings. The fourth-order valence-corrected chi connectivity index (χ4v) is 2.67. The van der Waals surface area contributed by atoms with Crippen molar-refractivity contribution in [2.75, 3.05) is 0 Å². The van der Waals surface area contributed by atoms with Crippen LogP contribution in [0.1, 0.15) is 35.9 Å². The average Bonchev–Trinajstić information content (AvgIpc) is 2.87. The minimum atomic E-state index is 0.401. The second kappa shape index (κ2) is 5.24. The van der Waals surface area contributed by atoms with Crippen LogP contribution in [0.4, 0.5) is 0 Å². The van der Waals surface area contributed by atoms with Gasteiger partial charge in [-0.15, -0.1) is 0 Å². The molecule has 2 aromatic rings. The highest BCUT2D eigenvalue weighted by molar-refractivity contribution is 9.10. The number of rotatable bonds is 3. The zero-order chi connectivity index (χ0) is 12.4. The van der Waals surface area contributed by atoms with Crippen molar-refractivity contribution in [1.82, 2.24) is 10.3 Å². The molecule has 94 valence electrons. The van der Waals surface area contributed by atoms with Crippen molar-refractivity contribution >= 4 is 15.9 Å². The molecule has 2 heterocycles. The lowest BCUT2D eigenvalue weighted by molar-refractivity contribution is 0.409. The Morgan fingerprint density at radius 2 is 2.33 bits per heavy atom. The molecule has 0 saturated heterocycles. The third-order valence-corrected chi connectivity index (χ3v) is 3.84. The first-order valence-corrected chi connectivity index (χ1v) is 7.02. The number of hydrogen-bond acceptors (Lipinski definition) is 3. The van der Waals surface area contributed by atoms with Gasteiger partial charge < -0.3 is 9.73 Å². The van der Waals surface area contributed by atoms with Crippen LogP contribution in [0.5, 0.6) is 0 Å². The van der Waals surface area contributed by atoms with Crippen molar-refractivity contribution in [3.63, 3.8) is 0 Å². The molecule has 1 aliphatic carbocycles. The van der Waals surface area contributed by atoms with Gasteiger partial charge in [-0.1, -0.05) is 0 Å². The molecule has 3 nitrogen and oxygen atoms in total. The van der Waals surface area contributed by atoms with Crippen molar-refractivity contribution in [2.45, 2.75) is 31.8 Å². The number of nitrogens with one attached hydrogen (secondary N) is 1. The van der Waals surface area contributed by atoms with Crippen molar-refractivity contribution in [2.24, 2.45) is 0 Å². The van der Waals surface area contributed by atoms with E-state index in [2.05, 4.69) is 32.3 Å². The van der Waals surface area contributed by atoms with Crippen molar-refractivity contribution < 1.29 is 4.42 Å². The summed E-state index contributed by atoms with van der Waals surface area (Å²) in [6.07, 6.45) is 7.05. The fraction of sp³-hybridized carbons (Fsp3) is 0.357. The SMILES string of the molecule is Brc1ccc(CNC2CCCc3occc32)nc1. The fourth-order valence-electron chi connectivity index (χ4n) is 2.44. The molecule has 1 N–H and O–H groups in total. The molecule has 2 aromatic heterocycles. The normalized spacial score (nSPS) is 18.6. The summed E-state index contributed by atoms with van der Waals surface area (Å²) in [7, 11) is 0. The molecule has 0 aliphatic heterocycles. The summed E-state index contributed by atoms with van der Waals surface area (Å²) in [5.74, 6) is 1.14. The van der Waals surface area contributed by atoms with E-state index in [0.29, 0.717) is 6.04 Å². The standard InChI is InChI=1S/C14H15BrN2O/c15-10-4-5-11(16-8-10)9-17-13-2-1-3-14-12(13)6-7-18-14/h4-8,13,17H,1-3,9H2. The van der Waals surface area contributed by atoms with Crippen molar-refractivity contribution in [1.29, 1.82) is 0 Å². The molecule has 1 aliphatic rings. The van der Waals surface area contributed by atoms with Gasteiger partial charge in [-0.05, 0) is 47.0 Å². The molecule has 0 radical (unpaired) electrons. The van der Waals surface area contributed by atoms with E-state index in [1.54, 1.807) is 6.26 Å². The summed E-state index contributed by atoms with van der Waals surface area (Å²) in [5.41, 5.74) is 2.38. The quantitative estimate of drug-likeness (QED) is 0.941. The number of halogens is 1. The van der Waals surface area contributed by atoms with E-state index in [1.807, 2.05) is 18.3 Å². The van der Waals surface area contributed by atoms with Gasteiger partial charge in [-0.2, -0.15) is 0 Å². The largest absolute Gasteiger partial charge is 0.469 e. The zero-order valence-corrected chi connectivity index (χ0v) is 11.6. The van der Waals surface area contributed by atoms with Gasteiger partial charge in [0.1, 0.15) is 5.76 Å². The second-order valence-corrected chi connectivity index (χ2v) is 5.51. The Morgan fingerprint density at radius 3 is 3.17 bits per heavy atom. The maximum absolute atomic E-state index is 5.49. The van der Waals surface area contributed by atoms with Crippen LogP contribution >= 0.6 is 15.9 Å². The molecule has 18 heavy (non-hydrogen) atoms. The number of furan rings is 1. The topological polar surface area (TPSA) is 38.1 Å². The van der Waals surface area contributed by atoms with E-state index in [4.69, 9.17) is 4.42 Å². The van der Waals surface area contributed by atoms with E-state index in [0.717, 1.165) is 28.9 Å². The van der Waals surface area contributed by atoms with E-state index in [9.17, 15) is 0 Å². The van der Waals surface area contributed by atoms with E-state index >= 15 is 0 Å². The Kier molecular flexibility index (Phi) is 3.48. The van der Waals surface area contributed by atoms with E-state index in [-0.39, 0.29) is 0 Å². The van der Waals surface area contributed by atoms with Crippen LogP contribution in [-0.4, -0.2) is 4.98 Å². The lowest BCUT2D eigenvalue weighted by Gasteiger charge is -2.22. The summed E-state index contributed by atoms with van der Waals surface area (Å²) in [4.78, 5) is 4.37. The number of fused-ring (bicyclic) bond motifs is 1. The van der Waals surface area contributed by atoms with Gasteiger partial charge in [-0.25, -0.2) is 0 Å². The van der Waals surface area contributed by atoms with Crippen LogP contribution < -0.4 is 5.32 Å². The third-order valence-electron chi connectivity index (χ3n) is 3.37. The number of nitrogens with zero attached hydrogens (tertiary/aromatic N) is 1. The first kappa shape index (κ1) is 11.9. The Labute approximate surface area is 115 Å². The highest BCUT2D eigenvalue weighted by atomic mass is 79.9. The summed E-state index contributed by atoms with van der Waals surface area (Å²) in [6, 6.07) is 6.55. The summed E-state index contributed by atoms with van der Waals surface area (Å²) < 4.78 is 6.51. The molecule has 1 unspecified atom stereocenters. The van der Waals surface area contributed by atoms with Gasteiger partial charge in [0.05, 0.1) is 12.0 Å². The summed E-state index contributed by atoms with van der Waals surface area (Å²) in [6.45, 7) is 0.794. The van der Waals surface area contributed by atoms with Crippen LogP contribution in [0, 0.1) is 0 Å². The Bertz CT molecular complexity index is 521. The molecule has 0 saturated carbocycles. The first-order chi connectivity index (χ1) is 8.83. The van der Waals surface area contributed by atoms with Crippen LogP contribution in [0.25, 0.3) is 0 Å². The predicted molar refractivity (Wildman–Crippen MR) is 73.2 cm³/mol. The van der Waals surface area contributed by atoms with Gasteiger partial charge in [0.15, 0.2) is 0 Å². The summed E-state index contributed by atoms with van der Waals surface area (Å²) in [5, 5.41) is 3.56. The highest BCUT2D eigenvalue weighted by Gasteiger charge is 2.21. The number of aromatic nitrogens is 1. The zero-order valence-electron chi connectivity index (χ0n) is 10.0. The van der Waals surface area contributed by atoms with Gasteiger partial charge in [0, 0.05) is 35.2 Å². The minimum Gasteiger partial charge on any atom is -0.469 e. The summed E-state index contributed by atoms with van der Waals surface area (Å²) >= 11 is 3.39. The maximum Gasteiger partial charge on any atom is 0.108 e. The molecule has 1 atom stereocenters.